The standard InChI is InChI=1S/C17H15Cl2N3O3/c18-12-2-1-3-14(8-12)24-11-15-4-5-16(25-15)17(23)20-6-7-22-10-13(19)9-21-22/h1-5,8-10H,6-7,11H2,(H,20,23). The molecule has 25 heavy (non-hydrogen) atoms. The molecule has 3 aromatic rings. The van der Waals surface area contributed by atoms with E-state index in [9.17, 15) is 4.79 Å². The summed E-state index contributed by atoms with van der Waals surface area (Å²) in [5.41, 5.74) is 0. The smallest absolute Gasteiger partial charge is 0.287 e. The molecule has 1 amide bonds. The number of hydrogen-bond donors (Lipinski definition) is 1. The Hall–Kier alpha value is -2.44. The third kappa shape index (κ3) is 5.01. The Kier molecular flexibility index (Phi) is 5.63. The minimum Gasteiger partial charge on any atom is -0.486 e. The summed E-state index contributed by atoms with van der Waals surface area (Å²) >= 11 is 11.7. The van der Waals surface area contributed by atoms with E-state index in [1.54, 1.807) is 53.5 Å². The number of hydrogen-bond acceptors (Lipinski definition) is 4. The highest BCUT2D eigenvalue weighted by molar-refractivity contribution is 6.30. The molecule has 6 nitrogen and oxygen atoms in total. The second kappa shape index (κ2) is 8.09. The molecule has 0 saturated carbocycles. The van der Waals surface area contributed by atoms with Crippen molar-refractivity contribution in [3.05, 3.63) is 70.4 Å². The van der Waals surface area contributed by atoms with E-state index in [4.69, 9.17) is 32.4 Å². The van der Waals surface area contributed by atoms with E-state index in [2.05, 4.69) is 10.4 Å². The number of furan rings is 1. The first kappa shape index (κ1) is 17.4. The Balaban J connectivity index is 1.47. The van der Waals surface area contributed by atoms with Crippen molar-refractivity contribution in [2.75, 3.05) is 6.54 Å². The number of carbonyl (C=O) groups is 1. The van der Waals surface area contributed by atoms with Crippen molar-refractivity contribution in [2.24, 2.45) is 0 Å². The van der Waals surface area contributed by atoms with E-state index in [0.29, 0.717) is 34.6 Å². The van der Waals surface area contributed by atoms with Crippen LogP contribution >= 0.6 is 23.2 Å². The highest BCUT2D eigenvalue weighted by Crippen LogP contribution is 2.19. The predicted molar refractivity (Wildman–Crippen MR) is 94.1 cm³/mol. The maximum atomic E-state index is 12.1. The summed E-state index contributed by atoms with van der Waals surface area (Å²) in [6.45, 7) is 1.13. The summed E-state index contributed by atoms with van der Waals surface area (Å²) in [6, 6.07) is 10.4. The van der Waals surface area contributed by atoms with Gasteiger partial charge in [0.25, 0.3) is 5.91 Å². The number of amides is 1. The molecular formula is C17H15Cl2N3O3. The van der Waals surface area contributed by atoms with Gasteiger partial charge in [0.15, 0.2) is 5.76 Å². The van der Waals surface area contributed by atoms with Crippen molar-refractivity contribution in [1.82, 2.24) is 15.1 Å². The molecule has 8 heteroatoms. The molecule has 1 aromatic carbocycles. The molecule has 0 unspecified atom stereocenters. The zero-order valence-electron chi connectivity index (χ0n) is 13.1. The molecule has 0 atom stereocenters. The summed E-state index contributed by atoms with van der Waals surface area (Å²) in [7, 11) is 0. The fourth-order valence-electron chi connectivity index (χ4n) is 2.12. The molecule has 130 valence electrons. The van der Waals surface area contributed by atoms with Gasteiger partial charge in [0.05, 0.1) is 17.8 Å². The monoisotopic (exact) mass is 379 g/mol. The molecule has 0 aliphatic heterocycles. The van der Waals surface area contributed by atoms with Crippen LogP contribution in [0.25, 0.3) is 0 Å². The van der Waals surface area contributed by atoms with Crippen molar-refractivity contribution in [2.45, 2.75) is 13.2 Å². The van der Waals surface area contributed by atoms with E-state index in [0.717, 1.165) is 0 Å². The van der Waals surface area contributed by atoms with Gasteiger partial charge in [0.2, 0.25) is 0 Å². The van der Waals surface area contributed by atoms with Crippen LogP contribution in [-0.4, -0.2) is 22.2 Å². The van der Waals surface area contributed by atoms with Crippen LogP contribution in [0.15, 0.2) is 53.2 Å². The summed E-state index contributed by atoms with van der Waals surface area (Å²) in [4.78, 5) is 12.1. The summed E-state index contributed by atoms with van der Waals surface area (Å²) in [5, 5.41) is 7.94. The number of nitrogens with zero attached hydrogens (tertiary/aromatic N) is 2. The number of carbonyl (C=O) groups excluding carboxylic acids is 1. The fraction of sp³-hybridized carbons (Fsp3) is 0.176. The number of halogens is 2. The Morgan fingerprint density at radius 3 is 2.88 bits per heavy atom. The third-order valence-corrected chi connectivity index (χ3v) is 3.72. The molecular weight excluding hydrogens is 365 g/mol. The topological polar surface area (TPSA) is 69.3 Å². The molecule has 3 rings (SSSR count). The fourth-order valence-corrected chi connectivity index (χ4v) is 2.46. The van der Waals surface area contributed by atoms with Gasteiger partial charge in [0, 0.05) is 17.8 Å². The second-order valence-corrected chi connectivity index (χ2v) is 6.06. The van der Waals surface area contributed by atoms with Crippen LogP contribution in [0.3, 0.4) is 0 Å². The third-order valence-electron chi connectivity index (χ3n) is 3.29. The largest absolute Gasteiger partial charge is 0.486 e. The Morgan fingerprint density at radius 2 is 2.12 bits per heavy atom. The number of nitrogens with one attached hydrogen (secondary N) is 1. The van der Waals surface area contributed by atoms with E-state index in [-0.39, 0.29) is 18.3 Å². The molecule has 0 aliphatic rings. The molecule has 0 saturated heterocycles. The lowest BCUT2D eigenvalue weighted by molar-refractivity contribution is 0.0920. The number of ether oxygens (including phenoxy) is 1. The van der Waals surface area contributed by atoms with Crippen molar-refractivity contribution < 1.29 is 13.9 Å². The second-order valence-electron chi connectivity index (χ2n) is 5.19. The first-order valence-electron chi connectivity index (χ1n) is 7.53. The zero-order chi connectivity index (χ0) is 17.6. The van der Waals surface area contributed by atoms with Crippen LogP contribution in [0, 0.1) is 0 Å². The van der Waals surface area contributed by atoms with Gasteiger partial charge in [-0.15, -0.1) is 0 Å². The number of benzene rings is 1. The lowest BCUT2D eigenvalue weighted by atomic mass is 10.3. The van der Waals surface area contributed by atoms with Crippen molar-refractivity contribution in [3.8, 4) is 5.75 Å². The molecule has 0 spiro atoms. The predicted octanol–water partition coefficient (Wildman–Crippen LogP) is 3.79. The quantitative estimate of drug-likeness (QED) is 0.677. The molecule has 0 radical (unpaired) electrons. The highest BCUT2D eigenvalue weighted by Gasteiger charge is 2.11. The molecule has 0 bridgehead atoms. The maximum absolute atomic E-state index is 12.1. The van der Waals surface area contributed by atoms with Crippen LogP contribution in [0.5, 0.6) is 5.75 Å². The van der Waals surface area contributed by atoms with Gasteiger partial charge >= 0.3 is 0 Å². The first-order chi connectivity index (χ1) is 12.1. The van der Waals surface area contributed by atoms with E-state index in [1.807, 2.05) is 0 Å². The summed E-state index contributed by atoms with van der Waals surface area (Å²) in [5.74, 6) is 1.10. The van der Waals surface area contributed by atoms with Gasteiger partial charge in [-0.05, 0) is 30.3 Å². The Bertz CT molecular complexity index is 860. The van der Waals surface area contributed by atoms with Gasteiger partial charge in [0.1, 0.15) is 18.1 Å². The van der Waals surface area contributed by atoms with Crippen molar-refractivity contribution >= 4 is 29.1 Å². The highest BCUT2D eigenvalue weighted by atomic mass is 35.5. The molecule has 2 aromatic heterocycles. The minimum atomic E-state index is -0.299. The van der Waals surface area contributed by atoms with Gasteiger partial charge < -0.3 is 14.5 Å². The van der Waals surface area contributed by atoms with Crippen LogP contribution in [-0.2, 0) is 13.2 Å². The van der Waals surface area contributed by atoms with Crippen molar-refractivity contribution in [1.29, 1.82) is 0 Å². The summed E-state index contributed by atoms with van der Waals surface area (Å²) in [6.07, 6.45) is 3.23. The van der Waals surface area contributed by atoms with Crippen LogP contribution in [0.1, 0.15) is 16.3 Å². The minimum absolute atomic E-state index is 0.208. The van der Waals surface area contributed by atoms with Gasteiger partial charge in [-0.2, -0.15) is 5.10 Å². The Morgan fingerprint density at radius 1 is 1.24 bits per heavy atom. The number of aromatic nitrogens is 2. The SMILES string of the molecule is O=C(NCCn1cc(Cl)cn1)c1ccc(COc2cccc(Cl)c2)o1. The van der Waals surface area contributed by atoms with E-state index >= 15 is 0 Å². The molecule has 1 N–H and O–H groups in total. The lowest BCUT2D eigenvalue weighted by Crippen LogP contribution is -2.27. The van der Waals surface area contributed by atoms with Crippen LogP contribution in [0.4, 0.5) is 0 Å². The van der Waals surface area contributed by atoms with Crippen LogP contribution < -0.4 is 10.1 Å². The first-order valence-corrected chi connectivity index (χ1v) is 8.29. The van der Waals surface area contributed by atoms with Gasteiger partial charge in [-0.3, -0.25) is 9.48 Å². The van der Waals surface area contributed by atoms with Crippen molar-refractivity contribution in [3.63, 3.8) is 0 Å². The normalized spacial score (nSPS) is 10.6. The van der Waals surface area contributed by atoms with Crippen LogP contribution in [0.2, 0.25) is 10.0 Å². The summed E-state index contributed by atoms with van der Waals surface area (Å²) < 4.78 is 12.7. The average Bonchev–Trinajstić information content (AvgIpc) is 3.22. The number of rotatable bonds is 7. The average molecular weight is 380 g/mol. The van der Waals surface area contributed by atoms with Gasteiger partial charge in [-0.1, -0.05) is 29.3 Å². The van der Waals surface area contributed by atoms with E-state index < -0.39 is 0 Å². The lowest BCUT2D eigenvalue weighted by Gasteiger charge is -2.05. The molecule has 2 heterocycles. The van der Waals surface area contributed by atoms with Gasteiger partial charge in [-0.25, -0.2) is 0 Å². The Labute approximate surface area is 154 Å². The molecule has 0 aliphatic carbocycles. The maximum Gasteiger partial charge on any atom is 0.287 e. The zero-order valence-corrected chi connectivity index (χ0v) is 14.6. The molecule has 0 fully saturated rings. The van der Waals surface area contributed by atoms with E-state index in [1.165, 1.54) is 0 Å².